The van der Waals surface area contributed by atoms with Crippen LogP contribution in [0, 0.1) is 0 Å². The van der Waals surface area contributed by atoms with Crippen molar-refractivity contribution in [3.8, 4) is 5.75 Å². The first-order valence-electron chi connectivity index (χ1n) is 6.92. The number of ether oxygens (including phenoxy) is 2. The van der Waals surface area contributed by atoms with Gasteiger partial charge in [0.1, 0.15) is 5.75 Å². The van der Waals surface area contributed by atoms with E-state index in [-0.39, 0.29) is 6.04 Å². The minimum absolute atomic E-state index is 0.277. The average molecular weight is 266 g/mol. The Morgan fingerprint density at radius 3 is 2.63 bits per heavy atom. The van der Waals surface area contributed by atoms with Gasteiger partial charge in [0.05, 0.1) is 24.6 Å². The lowest BCUT2D eigenvalue weighted by molar-refractivity contribution is 0.182. The molecule has 0 aliphatic carbocycles. The van der Waals surface area contributed by atoms with Gasteiger partial charge in [-0.3, -0.25) is 0 Å². The number of para-hydroxylation sites is 1. The molecular formula is C15H26N2O2. The first kappa shape index (κ1) is 15.6. The summed E-state index contributed by atoms with van der Waals surface area (Å²) in [4.78, 5) is 2.23. The second-order valence-corrected chi connectivity index (χ2v) is 4.63. The van der Waals surface area contributed by atoms with E-state index < -0.39 is 0 Å². The zero-order valence-corrected chi connectivity index (χ0v) is 12.5. The molecule has 0 bridgehead atoms. The summed E-state index contributed by atoms with van der Waals surface area (Å²) in [6, 6.07) is 6.21. The molecule has 0 radical (unpaired) electrons. The molecule has 0 saturated carbocycles. The fourth-order valence-corrected chi connectivity index (χ4v) is 2.17. The summed E-state index contributed by atoms with van der Waals surface area (Å²) in [6.07, 6.45) is 0.973. The average Bonchev–Trinajstić information content (AvgIpc) is 2.40. The number of likely N-dealkylation sites (N-methyl/N-ethyl adjacent to an activating group) is 1. The molecule has 1 unspecified atom stereocenters. The summed E-state index contributed by atoms with van der Waals surface area (Å²) in [6.45, 7) is 8.57. The van der Waals surface area contributed by atoms with Crippen LogP contribution in [0.1, 0.15) is 27.2 Å². The predicted molar refractivity (Wildman–Crippen MR) is 81.0 cm³/mol. The third kappa shape index (κ3) is 4.03. The lowest BCUT2D eigenvalue weighted by atomic mass is 10.2. The van der Waals surface area contributed by atoms with Crippen molar-refractivity contribution >= 4 is 11.4 Å². The molecule has 1 aromatic rings. The van der Waals surface area contributed by atoms with Crippen molar-refractivity contribution in [3.05, 3.63) is 18.2 Å². The van der Waals surface area contributed by atoms with Crippen LogP contribution in [0.3, 0.4) is 0 Å². The monoisotopic (exact) mass is 266 g/mol. The number of nitrogens with two attached hydrogens (primary N) is 1. The maximum atomic E-state index is 6.23. The van der Waals surface area contributed by atoms with Gasteiger partial charge < -0.3 is 20.1 Å². The molecule has 1 aromatic carbocycles. The number of anilines is 2. The smallest absolute Gasteiger partial charge is 0.144 e. The molecule has 0 aliphatic heterocycles. The standard InChI is InChI=1S/C15H26N2O2/c1-5-10-19-14-9-7-8-13(15(14)16)17(6-2)12(3)11-18-4/h7-9,12H,5-6,10-11,16H2,1-4H3. The Balaban J connectivity index is 2.97. The van der Waals surface area contributed by atoms with E-state index in [0.29, 0.717) is 18.9 Å². The maximum Gasteiger partial charge on any atom is 0.144 e. The molecule has 0 aliphatic rings. The van der Waals surface area contributed by atoms with E-state index in [9.17, 15) is 0 Å². The van der Waals surface area contributed by atoms with Crippen LogP contribution in [0.2, 0.25) is 0 Å². The second-order valence-electron chi connectivity index (χ2n) is 4.63. The van der Waals surface area contributed by atoms with Gasteiger partial charge in [0.2, 0.25) is 0 Å². The highest BCUT2D eigenvalue weighted by Crippen LogP contribution is 2.33. The third-order valence-corrected chi connectivity index (χ3v) is 3.09. The number of benzene rings is 1. The Kier molecular flexibility index (Phi) is 6.50. The highest BCUT2D eigenvalue weighted by molar-refractivity contribution is 5.74. The summed E-state index contributed by atoms with van der Waals surface area (Å²) in [5, 5.41) is 0. The number of hydrogen-bond acceptors (Lipinski definition) is 4. The van der Waals surface area contributed by atoms with Gasteiger partial charge in [0.15, 0.2) is 0 Å². The number of hydrogen-bond donors (Lipinski definition) is 1. The van der Waals surface area contributed by atoms with E-state index in [2.05, 4.69) is 25.7 Å². The minimum atomic E-state index is 0.277. The first-order valence-corrected chi connectivity index (χ1v) is 6.92. The zero-order valence-electron chi connectivity index (χ0n) is 12.5. The molecule has 19 heavy (non-hydrogen) atoms. The molecule has 4 heteroatoms. The highest BCUT2D eigenvalue weighted by atomic mass is 16.5. The minimum Gasteiger partial charge on any atom is -0.491 e. The van der Waals surface area contributed by atoms with Crippen LogP contribution in [0.4, 0.5) is 11.4 Å². The van der Waals surface area contributed by atoms with E-state index in [1.165, 1.54) is 0 Å². The second kappa shape index (κ2) is 7.89. The van der Waals surface area contributed by atoms with Crippen LogP contribution in [-0.2, 0) is 4.74 Å². The first-order chi connectivity index (χ1) is 9.15. The summed E-state index contributed by atoms with van der Waals surface area (Å²) >= 11 is 0. The van der Waals surface area contributed by atoms with Gasteiger partial charge >= 0.3 is 0 Å². The van der Waals surface area contributed by atoms with E-state index in [4.69, 9.17) is 15.2 Å². The van der Waals surface area contributed by atoms with Crippen molar-refractivity contribution in [2.75, 3.05) is 37.5 Å². The molecule has 1 rings (SSSR count). The molecular weight excluding hydrogens is 240 g/mol. The molecule has 0 spiro atoms. The largest absolute Gasteiger partial charge is 0.491 e. The Hall–Kier alpha value is -1.42. The van der Waals surface area contributed by atoms with Gasteiger partial charge in [-0.25, -0.2) is 0 Å². The van der Waals surface area contributed by atoms with Crippen molar-refractivity contribution in [3.63, 3.8) is 0 Å². The SMILES string of the molecule is CCCOc1cccc(N(CC)C(C)COC)c1N. The third-order valence-electron chi connectivity index (χ3n) is 3.09. The number of nitrogen functional groups attached to an aromatic ring is 1. The van der Waals surface area contributed by atoms with Gasteiger partial charge in [-0.05, 0) is 32.4 Å². The molecule has 2 N–H and O–H groups in total. The fourth-order valence-electron chi connectivity index (χ4n) is 2.17. The van der Waals surface area contributed by atoms with Crippen LogP contribution in [0.25, 0.3) is 0 Å². The van der Waals surface area contributed by atoms with Crippen LogP contribution >= 0.6 is 0 Å². The summed E-state index contributed by atoms with van der Waals surface area (Å²) in [5.74, 6) is 0.766. The van der Waals surface area contributed by atoms with E-state index in [1.54, 1.807) is 7.11 Å². The van der Waals surface area contributed by atoms with Crippen molar-refractivity contribution in [1.29, 1.82) is 0 Å². The molecule has 0 aromatic heterocycles. The Morgan fingerprint density at radius 1 is 1.32 bits per heavy atom. The summed E-state index contributed by atoms with van der Waals surface area (Å²) in [5.41, 5.74) is 7.95. The van der Waals surface area contributed by atoms with Gasteiger partial charge in [-0.2, -0.15) is 0 Å². The van der Waals surface area contributed by atoms with Crippen LogP contribution in [-0.4, -0.2) is 32.9 Å². The lowest BCUT2D eigenvalue weighted by Gasteiger charge is -2.31. The number of rotatable bonds is 8. The molecule has 4 nitrogen and oxygen atoms in total. The highest BCUT2D eigenvalue weighted by Gasteiger charge is 2.17. The molecule has 0 amide bonds. The van der Waals surface area contributed by atoms with E-state index >= 15 is 0 Å². The summed E-state index contributed by atoms with van der Waals surface area (Å²) < 4.78 is 10.9. The Bertz CT molecular complexity index is 382. The van der Waals surface area contributed by atoms with E-state index in [0.717, 1.165) is 24.4 Å². The van der Waals surface area contributed by atoms with Crippen LogP contribution in [0.5, 0.6) is 5.75 Å². The Labute approximate surface area is 116 Å². The van der Waals surface area contributed by atoms with Crippen molar-refractivity contribution in [2.45, 2.75) is 33.2 Å². The molecule has 1 atom stereocenters. The topological polar surface area (TPSA) is 47.7 Å². The van der Waals surface area contributed by atoms with Crippen molar-refractivity contribution in [1.82, 2.24) is 0 Å². The number of methoxy groups -OCH3 is 1. The van der Waals surface area contributed by atoms with Gasteiger partial charge in [0.25, 0.3) is 0 Å². The molecule has 108 valence electrons. The predicted octanol–water partition coefficient (Wildman–Crippen LogP) is 2.92. The van der Waals surface area contributed by atoms with Crippen LogP contribution < -0.4 is 15.4 Å². The zero-order chi connectivity index (χ0) is 14.3. The quantitative estimate of drug-likeness (QED) is 0.735. The summed E-state index contributed by atoms with van der Waals surface area (Å²) in [7, 11) is 1.72. The van der Waals surface area contributed by atoms with Crippen molar-refractivity contribution < 1.29 is 9.47 Å². The molecule has 0 fully saturated rings. The van der Waals surface area contributed by atoms with Gasteiger partial charge in [-0.1, -0.05) is 13.0 Å². The van der Waals surface area contributed by atoms with E-state index in [1.807, 2.05) is 18.2 Å². The normalized spacial score (nSPS) is 12.2. The van der Waals surface area contributed by atoms with Crippen molar-refractivity contribution in [2.24, 2.45) is 0 Å². The molecule has 0 heterocycles. The Morgan fingerprint density at radius 2 is 2.05 bits per heavy atom. The number of nitrogens with zero attached hydrogens (tertiary/aromatic N) is 1. The maximum absolute atomic E-state index is 6.23. The van der Waals surface area contributed by atoms with Gasteiger partial charge in [-0.15, -0.1) is 0 Å². The fraction of sp³-hybridized carbons (Fsp3) is 0.600. The lowest BCUT2D eigenvalue weighted by Crippen LogP contribution is -2.36. The molecule has 0 saturated heterocycles. The van der Waals surface area contributed by atoms with Crippen LogP contribution in [0.15, 0.2) is 18.2 Å². The van der Waals surface area contributed by atoms with Gasteiger partial charge in [0, 0.05) is 19.7 Å².